The smallest absolute Gasteiger partial charge is 0.0473 e. The zero-order chi connectivity index (χ0) is 14.5. The zero-order valence-electron chi connectivity index (χ0n) is 13.3. The summed E-state index contributed by atoms with van der Waals surface area (Å²) in [5.74, 6) is 0.596. The highest BCUT2D eigenvalue weighted by Crippen LogP contribution is 2.30. The summed E-state index contributed by atoms with van der Waals surface area (Å²) in [5.41, 5.74) is 8.91. The van der Waals surface area contributed by atoms with Gasteiger partial charge in [-0.25, -0.2) is 0 Å². The third kappa shape index (κ3) is 3.42. The number of piperidine rings is 1. The molecule has 1 aliphatic heterocycles. The zero-order valence-corrected chi connectivity index (χ0v) is 13.3. The highest BCUT2D eigenvalue weighted by molar-refractivity contribution is 5.27. The topological polar surface area (TPSA) is 29.3 Å². The Morgan fingerprint density at radius 2 is 1.80 bits per heavy atom. The number of rotatable bonds is 5. The molecule has 1 aromatic carbocycles. The number of nitrogens with two attached hydrogens (primary N) is 1. The van der Waals surface area contributed by atoms with Crippen LogP contribution in [0.4, 0.5) is 0 Å². The fourth-order valence-corrected chi connectivity index (χ4v) is 3.44. The molecule has 1 aliphatic rings. The largest absolute Gasteiger partial charge is 0.329 e. The molecule has 1 heterocycles. The van der Waals surface area contributed by atoms with E-state index in [1.165, 1.54) is 43.4 Å². The summed E-state index contributed by atoms with van der Waals surface area (Å²) in [6, 6.07) is 10.2. The molecule has 0 radical (unpaired) electrons. The second-order valence-electron chi connectivity index (χ2n) is 6.37. The summed E-state index contributed by atoms with van der Waals surface area (Å²) >= 11 is 0. The Morgan fingerprint density at radius 1 is 1.15 bits per heavy atom. The molecule has 0 amide bonds. The van der Waals surface area contributed by atoms with Crippen molar-refractivity contribution in [1.82, 2.24) is 4.90 Å². The quantitative estimate of drug-likeness (QED) is 0.877. The van der Waals surface area contributed by atoms with Crippen LogP contribution in [-0.4, -0.2) is 24.0 Å². The monoisotopic (exact) mass is 274 g/mol. The Kier molecular flexibility index (Phi) is 5.62. The SMILES string of the molecule is CCC1CCCCN1C(CN)c1ccc(C(C)C)cc1. The van der Waals surface area contributed by atoms with Crippen molar-refractivity contribution in [2.75, 3.05) is 13.1 Å². The molecule has 1 fully saturated rings. The summed E-state index contributed by atoms with van der Waals surface area (Å²) in [7, 11) is 0. The maximum atomic E-state index is 6.11. The van der Waals surface area contributed by atoms with E-state index >= 15 is 0 Å². The van der Waals surface area contributed by atoms with Crippen LogP contribution in [0, 0.1) is 0 Å². The van der Waals surface area contributed by atoms with Gasteiger partial charge in [0, 0.05) is 18.6 Å². The van der Waals surface area contributed by atoms with Crippen LogP contribution in [-0.2, 0) is 0 Å². The number of benzene rings is 1. The summed E-state index contributed by atoms with van der Waals surface area (Å²) in [6.07, 6.45) is 5.26. The van der Waals surface area contributed by atoms with Gasteiger partial charge in [0.25, 0.3) is 0 Å². The Bertz CT molecular complexity index is 396. The first-order chi connectivity index (χ1) is 9.67. The van der Waals surface area contributed by atoms with Crippen LogP contribution in [0.3, 0.4) is 0 Å². The van der Waals surface area contributed by atoms with Crippen LogP contribution in [0.15, 0.2) is 24.3 Å². The van der Waals surface area contributed by atoms with Gasteiger partial charge in [0.2, 0.25) is 0 Å². The molecule has 1 aromatic rings. The normalized spacial score (nSPS) is 22.1. The molecule has 2 nitrogen and oxygen atoms in total. The highest BCUT2D eigenvalue weighted by Gasteiger charge is 2.27. The van der Waals surface area contributed by atoms with E-state index in [4.69, 9.17) is 5.73 Å². The van der Waals surface area contributed by atoms with Gasteiger partial charge in [-0.1, -0.05) is 51.5 Å². The van der Waals surface area contributed by atoms with Gasteiger partial charge in [0.15, 0.2) is 0 Å². The van der Waals surface area contributed by atoms with Crippen LogP contribution in [0.25, 0.3) is 0 Å². The summed E-state index contributed by atoms with van der Waals surface area (Å²) < 4.78 is 0. The van der Waals surface area contributed by atoms with Crippen LogP contribution >= 0.6 is 0 Å². The molecule has 0 bridgehead atoms. The van der Waals surface area contributed by atoms with E-state index in [-0.39, 0.29) is 0 Å². The molecule has 20 heavy (non-hydrogen) atoms. The molecule has 0 aromatic heterocycles. The molecule has 1 saturated heterocycles. The standard InChI is InChI=1S/C18H30N2/c1-4-17-7-5-6-12-20(17)18(13-19)16-10-8-15(9-11-16)14(2)3/h8-11,14,17-18H,4-7,12-13,19H2,1-3H3. The second kappa shape index (κ2) is 7.24. The molecular formula is C18H30N2. The first-order valence-corrected chi connectivity index (χ1v) is 8.23. The minimum atomic E-state index is 0.390. The predicted molar refractivity (Wildman–Crippen MR) is 87.0 cm³/mol. The van der Waals surface area contributed by atoms with Gasteiger partial charge in [0.1, 0.15) is 0 Å². The predicted octanol–water partition coefficient (Wildman–Crippen LogP) is 4.07. The van der Waals surface area contributed by atoms with Crippen LogP contribution in [0.1, 0.15) is 69.5 Å². The first-order valence-electron chi connectivity index (χ1n) is 8.23. The molecule has 0 spiro atoms. The second-order valence-corrected chi connectivity index (χ2v) is 6.37. The minimum Gasteiger partial charge on any atom is -0.329 e. The third-order valence-electron chi connectivity index (χ3n) is 4.76. The van der Waals surface area contributed by atoms with E-state index in [9.17, 15) is 0 Å². The third-order valence-corrected chi connectivity index (χ3v) is 4.76. The molecule has 2 heteroatoms. The molecule has 2 unspecified atom stereocenters. The van der Waals surface area contributed by atoms with Gasteiger partial charge in [-0.3, -0.25) is 4.90 Å². The lowest BCUT2D eigenvalue weighted by Crippen LogP contribution is -2.44. The van der Waals surface area contributed by atoms with Crippen molar-refractivity contribution >= 4 is 0 Å². The van der Waals surface area contributed by atoms with Crippen molar-refractivity contribution in [3.05, 3.63) is 35.4 Å². The molecule has 112 valence electrons. The maximum absolute atomic E-state index is 6.11. The van der Waals surface area contributed by atoms with Gasteiger partial charge in [-0.15, -0.1) is 0 Å². The fraction of sp³-hybridized carbons (Fsp3) is 0.667. The molecule has 0 aliphatic carbocycles. The van der Waals surface area contributed by atoms with Crippen molar-refractivity contribution in [3.8, 4) is 0 Å². The number of nitrogens with zero attached hydrogens (tertiary/aromatic N) is 1. The average Bonchev–Trinajstić information content (AvgIpc) is 2.49. The summed E-state index contributed by atoms with van der Waals surface area (Å²) in [5, 5.41) is 0. The minimum absolute atomic E-state index is 0.390. The van der Waals surface area contributed by atoms with Gasteiger partial charge in [-0.2, -0.15) is 0 Å². The van der Waals surface area contributed by atoms with Crippen molar-refractivity contribution in [2.24, 2.45) is 5.73 Å². The molecule has 2 N–H and O–H groups in total. The summed E-state index contributed by atoms with van der Waals surface area (Å²) in [4.78, 5) is 2.65. The Labute approximate surface area is 124 Å². The van der Waals surface area contributed by atoms with Crippen molar-refractivity contribution in [2.45, 2.75) is 64.5 Å². The van der Waals surface area contributed by atoms with Crippen molar-refractivity contribution in [3.63, 3.8) is 0 Å². The van der Waals surface area contributed by atoms with Crippen LogP contribution < -0.4 is 5.73 Å². The number of hydrogen-bond donors (Lipinski definition) is 1. The molecule has 2 atom stereocenters. The van der Waals surface area contributed by atoms with E-state index in [0.29, 0.717) is 18.0 Å². The van der Waals surface area contributed by atoms with E-state index in [1.807, 2.05) is 0 Å². The van der Waals surface area contributed by atoms with E-state index in [0.717, 1.165) is 6.54 Å². The Hall–Kier alpha value is -0.860. The maximum Gasteiger partial charge on any atom is 0.0473 e. The molecule has 2 rings (SSSR count). The Balaban J connectivity index is 2.17. The number of likely N-dealkylation sites (tertiary alicyclic amines) is 1. The first kappa shape index (κ1) is 15.5. The van der Waals surface area contributed by atoms with Crippen LogP contribution in [0.2, 0.25) is 0 Å². The van der Waals surface area contributed by atoms with E-state index in [1.54, 1.807) is 0 Å². The lowest BCUT2D eigenvalue weighted by Gasteiger charge is -2.41. The lowest BCUT2D eigenvalue weighted by molar-refractivity contribution is 0.0949. The molecule has 0 saturated carbocycles. The van der Waals surface area contributed by atoms with Gasteiger partial charge < -0.3 is 5.73 Å². The average molecular weight is 274 g/mol. The molecular weight excluding hydrogens is 244 g/mol. The van der Waals surface area contributed by atoms with E-state index < -0.39 is 0 Å². The summed E-state index contributed by atoms with van der Waals surface area (Å²) in [6.45, 7) is 8.71. The van der Waals surface area contributed by atoms with Crippen molar-refractivity contribution < 1.29 is 0 Å². The lowest BCUT2D eigenvalue weighted by atomic mass is 9.93. The van der Waals surface area contributed by atoms with Gasteiger partial charge in [0.05, 0.1) is 0 Å². The van der Waals surface area contributed by atoms with Crippen LogP contribution in [0.5, 0.6) is 0 Å². The number of hydrogen-bond acceptors (Lipinski definition) is 2. The van der Waals surface area contributed by atoms with Crippen molar-refractivity contribution in [1.29, 1.82) is 0 Å². The highest BCUT2D eigenvalue weighted by atomic mass is 15.2. The fourth-order valence-electron chi connectivity index (χ4n) is 3.44. The van der Waals surface area contributed by atoms with Gasteiger partial charge in [-0.05, 0) is 42.9 Å². The van der Waals surface area contributed by atoms with Gasteiger partial charge >= 0.3 is 0 Å². The Morgan fingerprint density at radius 3 is 2.35 bits per heavy atom. The van der Waals surface area contributed by atoms with E-state index in [2.05, 4.69) is 49.9 Å².